The molecule has 0 spiro atoms. The Kier molecular flexibility index (Phi) is 5.06. The Morgan fingerprint density at radius 1 is 1.21 bits per heavy atom. The zero-order valence-electron chi connectivity index (χ0n) is 17.1. The first-order chi connectivity index (χ1) is 13.4. The smallest absolute Gasteiger partial charge is 0.278 e. The van der Waals surface area contributed by atoms with E-state index < -0.39 is 0 Å². The third kappa shape index (κ3) is 3.61. The van der Waals surface area contributed by atoms with Crippen molar-refractivity contribution >= 4 is 11.6 Å². The van der Waals surface area contributed by atoms with Crippen LogP contribution in [0.15, 0.2) is 36.3 Å². The molecule has 2 unspecified atom stereocenters. The largest absolute Gasteiger partial charge is 0.321 e. The molecule has 6 nitrogen and oxygen atoms in total. The van der Waals surface area contributed by atoms with Gasteiger partial charge in [-0.3, -0.25) is 14.1 Å². The van der Waals surface area contributed by atoms with Gasteiger partial charge in [0.25, 0.3) is 5.91 Å². The summed E-state index contributed by atoms with van der Waals surface area (Å²) in [7, 11) is 0. The number of carbonyl (C=O) groups is 1. The van der Waals surface area contributed by atoms with Gasteiger partial charge in [0.2, 0.25) is 0 Å². The number of hydrogen-bond donors (Lipinski definition) is 1. The van der Waals surface area contributed by atoms with E-state index in [0.717, 1.165) is 36.1 Å². The van der Waals surface area contributed by atoms with Crippen LogP contribution < -0.4 is 5.32 Å². The Morgan fingerprint density at radius 2 is 1.96 bits per heavy atom. The van der Waals surface area contributed by atoms with Crippen molar-refractivity contribution in [2.75, 3.05) is 13.1 Å². The number of piperidine rings is 1. The highest BCUT2D eigenvalue weighted by Gasteiger charge is 2.27. The van der Waals surface area contributed by atoms with Gasteiger partial charge in [0, 0.05) is 23.1 Å². The molecule has 4 rings (SSSR count). The second-order valence-corrected chi connectivity index (χ2v) is 8.33. The molecule has 2 aliphatic rings. The molecule has 28 heavy (non-hydrogen) atoms. The first kappa shape index (κ1) is 18.9. The highest BCUT2D eigenvalue weighted by molar-refractivity contribution is 5.99. The molecular formula is C22H29N5O. The predicted octanol–water partition coefficient (Wildman–Crippen LogP) is 3.27. The number of allylic oxidation sites excluding steroid dienone is 1. The van der Waals surface area contributed by atoms with Gasteiger partial charge in [-0.05, 0) is 69.8 Å². The summed E-state index contributed by atoms with van der Waals surface area (Å²) in [5.41, 5.74) is 3.70. The summed E-state index contributed by atoms with van der Waals surface area (Å²) in [6.45, 7) is 10.7. The van der Waals surface area contributed by atoms with Crippen molar-refractivity contribution in [1.82, 2.24) is 24.6 Å². The second-order valence-electron chi connectivity index (χ2n) is 8.33. The maximum absolute atomic E-state index is 12.9. The van der Waals surface area contributed by atoms with Crippen LogP contribution in [0.1, 0.15) is 48.6 Å². The Morgan fingerprint density at radius 3 is 2.71 bits per heavy atom. The minimum atomic E-state index is -0.212. The molecule has 6 heteroatoms. The molecule has 1 aliphatic carbocycles. The van der Waals surface area contributed by atoms with Gasteiger partial charge in [0.1, 0.15) is 6.33 Å². The number of fused-ring (bicyclic) bond motifs is 1. The van der Waals surface area contributed by atoms with Crippen LogP contribution in [0.4, 0.5) is 0 Å². The van der Waals surface area contributed by atoms with Crippen LogP contribution in [-0.4, -0.2) is 44.3 Å². The first-order valence-electron chi connectivity index (χ1n) is 10.2. The summed E-state index contributed by atoms with van der Waals surface area (Å²) in [4.78, 5) is 24.3. The number of hydrogen-bond acceptors (Lipinski definition) is 4. The van der Waals surface area contributed by atoms with Crippen LogP contribution >= 0.6 is 0 Å². The summed E-state index contributed by atoms with van der Waals surface area (Å²) in [5, 5.41) is 3.04. The number of imidazole rings is 1. The second kappa shape index (κ2) is 7.51. The molecule has 0 bridgehead atoms. The topological polar surface area (TPSA) is 62.5 Å². The highest BCUT2D eigenvalue weighted by atomic mass is 16.1. The predicted molar refractivity (Wildman–Crippen MR) is 110 cm³/mol. The first-order valence-corrected chi connectivity index (χ1v) is 10.2. The van der Waals surface area contributed by atoms with Crippen LogP contribution in [0.3, 0.4) is 0 Å². The molecule has 1 N–H and O–H groups in total. The van der Waals surface area contributed by atoms with Crippen molar-refractivity contribution in [3.05, 3.63) is 53.4 Å². The van der Waals surface area contributed by atoms with Gasteiger partial charge in [-0.25, -0.2) is 9.97 Å². The number of carbonyl (C=O) groups excluding carboxylic acids is 1. The molecule has 2 aromatic rings. The van der Waals surface area contributed by atoms with E-state index in [2.05, 4.69) is 46.2 Å². The average molecular weight is 380 g/mol. The van der Waals surface area contributed by atoms with E-state index in [1.165, 1.54) is 12.8 Å². The van der Waals surface area contributed by atoms with E-state index >= 15 is 0 Å². The zero-order valence-corrected chi connectivity index (χ0v) is 17.1. The quantitative estimate of drug-likeness (QED) is 0.889. The number of rotatable bonds is 3. The molecule has 1 amide bonds. The molecule has 1 fully saturated rings. The van der Waals surface area contributed by atoms with Crippen LogP contribution in [0.25, 0.3) is 5.65 Å². The molecule has 1 saturated heterocycles. The van der Waals surface area contributed by atoms with Crippen molar-refractivity contribution in [1.29, 1.82) is 0 Å². The Balaban J connectivity index is 1.54. The van der Waals surface area contributed by atoms with E-state index in [1.54, 1.807) is 6.33 Å². The monoisotopic (exact) mass is 379 g/mol. The van der Waals surface area contributed by atoms with Crippen LogP contribution in [-0.2, 0) is 0 Å². The lowest BCUT2D eigenvalue weighted by Gasteiger charge is -2.39. The SMILES string of the molecule is Cc1cc(C)n2cnc(C(=O)NC3=CC(N4CCC(C)CC4)C(C)C=C3)c2n1. The van der Waals surface area contributed by atoms with Gasteiger partial charge in [-0.2, -0.15) is 0 Å². The van der Waals surface area contributed by atoms with E-state index in [0.29, 0.717) is 23.3 Å². The van der Waals surface area contributed by atoms with E-state index in [-0.39, 0.29) is 5.91 Å². The van der Waals surface area contributed by atoms with Gasteiger partial charge in [-0.1, -0.05) is 19.9 Å². The molecular weight excluding hydrogens is 350 g/mol. The van der Waals surface area contributed by atoms with Crippen LogP contribution in [0.5, 0.6) is 0 Å². The van der Waals surface area contributed by atoms with E-state index in [9.17, 15) is 4.79 Å². The fraction of sp³-hybridized carbons (Fsp3) is 0.500. The van der Waals surface area contributed by atoms with Gasteiger partial charge in [-0.15, -0.1) is 0 Å². The van der Waals surface area contributed by atoms with Gasteiger partial charge >= 0.3 is 0 Å². The van der Waals surface area contributed by atoms with Crippen molar-refractivity contribution in [3.63, 3.8) is 0 Å². The van der Waals surface area contributed by atoms with Gasteiger partial charge in [0.15, 0.2) is 11.3 Å². The number of nitrogens with one attached hydrogen (secondary N) is 1. The van der Waals surface area contributed by atoms with Crippen molar-refractivity contribution in [2.24, 2.45) is 11.8 Å². The molecule has 1 aliphatic heterocycles. The summed E-state index contributed by atoms with van der Waals surface area (Å²) in [5.74, 6) is 1.04. The standard InChI is InChI=1S/C22H29N5O/c1-14-7-9-26(10-8-14)19-12-18(6-5-15(19)2)25-22(28)20-21-24-16(3)11-17(4)27(21)13-23-20/h5-6,11-15,19H,7-10H2,1-4H3,(H,25,28). The zero-order chi connectivity index (χ0) is 19.8. The lowest BCUT2D eigenvalue weighted by atomic mass is 9.90. The molecule has 148 valence electrons. The number of aryl methyl sites for hydroxylation is 2. The van der Waals surface area contributed by atoms with Crippen molar-refractivity contribution < 1.29 is 4.79 Å². The number of likely N-dealkylation sites (tertiary alicyclic amines) is 1. The Bertz CT molecular complexity index is 949. The Labute approximate surface area is 166 Å². The third-order valence-corrected chi connectivity index (χ3v) is 6.00. The molecule has 0 saturated carbocycles. The minimum absolute atomic E-state index is 0.212. The Hall–Kier alpha value is -2.47. The average Bonchev–Trinajstić information content (AvgIpc) is 3.08. The fourth-order valence-corrected chi connectivity index (χ4v) is 4.24. The number of nitrogens with zero attached hydrogens (tertiary/aromatic N) is 4. The fourth-order valence-electron chi connectivity index (χ4n) is 4.24. The van der Waals surface area contributed by atoms with Gasteiger partial charge in [0.05, 0.1) is 0 Å². The van der Waals surface area contributed by atoms with E-state index in [4.69, 9.17) is 0 Å². The molecule has 0 aromatic carbocycles. The normalized spacial score (nSPS) is 23.8. The minimum Gasteiger partial charge on any atom is -0.321 e. The number of amides is 1. The molecule has 2 aromatic heterocycles. The molecule has 0 radical (unpaired) electrons. The van der Waals surface area contributed by atoms with Crippen molar-refractivity contribution in [3.8, 4) is 0 Å². The van der Waals surface area contributed by atoms with E-state index in [1.807, 2.05) is 30.4 Å². The molecule has 3 heterocycles. The number of aromatic nitrogens is 3. The molecule has 2 atom stereocenters. The summed E-state index contributed by atoms with van der Waals surface area (Å²) < 4.78 is 1.85. The summed E-state index contributed by atoms with van der Waals surface area (Å²) >= 11 is 0. The summed E-state index contributed by atoms with van der Waals surface area (Å²) in [6, 6.07) is 2.31. The lowest BCUT2D eigenvalue weighted by molar-refractivity contribution is 0.0962. The maximum atomic E-state index is 12.9. The van der Waals surface area contributed by atoms with Gasteiger partial charge < -0.3 is 5.32 Å². The van der Waals surface area contributed by atoms with Crippen LogP contribution in [0.2, 0.25) is 0 Å². The summed E-state index contributed by atoms with van der Waals surface area (Å²) in [6.07, 6.45) is 10.5. The highest BCUT2D eigenvalue weighted by Crippen LogP contribution is 2.26. The third-order valence-electron chi connectivity index (χ3n) is 6.00. The van der Waals surface area contributed by atoms with Crippen molar-refractivity contribution in [2.45, 2.75) is 46.6 Å². The van der Waals surface area contributed by atoms with Crippen LogP contribution in [0, 0.1) is 25.7 Å². The lowest BCUT2D eigenvalue weighted by Crippen LogP contribution is -2.44. The maximum Gasteiger partial charge on any atom is 0.278 e.